The largest absolute Gasteiger partial charge is 0.314 e. The lowest BCUT2D eigenvalue weighted by atomic mass is 10.3. The molecular weight excluding hydrogens is 180 g/mol. The van der Waals surface area contributed by atoms with Crippen LogP contribution >= 0.6 is 11.8 Å². The fourth-order valence-corrected chi connectivity index (χ4v) is 2.03. The maximum absolute atomic E-state index is 3.34. The van der Waals surface area contributed by atoms with Gasteiger partial charge in [-0.05, 0) is 30.3 Å². The zero-order valence-corrected chi connectivity index (χ0v) is 8.45. The van der Waals surface area contributed by atoms with Crippen LogP contribution in [0.3, 0.4) is 0 Å². The van der Waals surface area contributed by atoms with Crippen LogP contribution in [0.1, 0.15) is 13.3 Å². The molecule has 0 fully saturated rings. The Bertz CT molecular complexity index is 361. The van der Waals surface area contributed by atoms with Crippen molar-refractivity contribution in [3.05, 3.63) is 24.3 Å². The van der Waals surface area contributed by atoms with Gasteiger partial charge in [-0.1, -0.05) is 19.1 Å². The highest BCUT2D eigenvalue weighted by Gasteiger charge is 2.07. The van der Waals surface area contributed by atoms with Gasteiger partial charge in [-0.3, -0.25) is 0 Å². The lowest BCUT2D eigenvalue weighted by Crippen LogP contribution is -2.01. The number of aromatic amines is 2. The molecule has 2 rings (SSSR count). The summed E-state index contributed by atoms with van der Waals surface area (Å²) in [6.45, 7) is 2.19. The Labute approximate surface area is 81.8 Å². The Morgan fingerprint density at radius 3 is 3.00 bits per heavy atom. The van der Waals surface area contributed by atoms with Crippen LogP contribution in [0.4, 0.5) is 0 Å². The molecule has 3 heteroatoms. The van der Waals surface area contributed by atoms with E-state index in [1.807, 2.05) is 23.9 Å². The Balaban J connectivity index is 2.28. The quantitative estimate of drug-likeness (QED) is 0.746. The maximum atomic E-state index is 3.34. The van der Waals surface area contributed by atoms with Crippen LogP contribution in [-0.4, -0.2) is 10.7 Å². The van der Waals surface area contributed by atoms with Crippen LogP contribution in [0.5, 0.6) is 0 Å². The number of imidazole rings is 1. The minimum Gasteiger partial charge on any atom is -0.231 e. The number of hydrogen-bond donors (Lipinski definition) is 1. The first-order valence-corrected chi connectivity index (χ1v) is 5.51. The van der Waals surface area contributed by atoms with E-state index < -0.39 is 0 Å². The molecule has 0 saturated carbocycles. The molecule has 0 aliphatic carbocycles. The predicted molar refractivity (Wildman–Crippen MR) is 55.9 cm³/mol. The standard InChI is InChI=1S/C10H12N2S/c1-2-7-13-10-11-8-5-3-4-6-9(8)12-10/h3-6H,2,7H2,1H3,(H,11,12)/p+1. The molecule has 2 N–H and O–H groups in total. The number of para-hydroxylation sites is 2. The summed E-state index contributed by atoms with van der Waals surface area (Å²) in [5.74, 6) is 1.16. The fraction of sp³-hybridized carbons (Fsp3) is 0.300. The lowest BCUT2D eigenvalue weighted by molar-refractivity contribution is -0.396. The molecule has 0 bridgehead atoms. The smallest absolute Gasteiger partial charge is 0.231 e. The number of benzene rings is 1. The normalized spacial score (nSPS) is 10.8. The number of rotatable bonds is 3. The highest BCUT2D eigenvalue weighted by Crippen LogP contribution is 2.15. The number of fused-ring (bicyclic) bond motifs is 1. The maximum Gasteiger partial charge on any atom is 0.314 e. The Morgan fingerprint density at radius 2 is 2.23 bits per heavy atom. The highest BCUT2D eigenvalue weighted by atomic mass is 32.2. The summed E-state index contributed by atoms with van der Waals surface area (Å²) < 4.78 is 0. The number of thioether (sulfide) groups is 1. The molecule has 68 valence electrons. The third-order valence-electron chi connectivity index (χ3n) is 1.87. The zero-order valence-electron chi connectivity index (χ0n) is 7.63. The molecule has 0 unspecified atom stereocenters. The van der Waals surface area contributed by atoms with Gasteiger partial charge in [0.25, 0.3) is 0 Å². The predicted octanol–water partition coefficient (Wildman–Crippen LogP) is 2.48. The summed E-state index contributed by atoms with van der Waals surface area (Å²) in [7, 11) is 0. The van der Waals surface area contributed by atoms with Gasteiger partial charge in [-0.25, -0.2) is 9.97 Å². The summed E-state index contributed by atoms with van der Waals surface area (Å²) >= 11 is 1.84. The highest BCUT2D eigenvalue weighted by molar-refractivity contribution is 7.99. The van der Waals surface area contributed by atoms with Crippen molar-refractivity contribution >= 4 is 22.8 Å². The van der Waals surface area contributed by atoms with Crippen LogP contribution in [0.15, 0.2) is 29.4 Å². The van der Waals surface area contributed by atoms with Gasteiger partial charge in [-0.15, -0.1) is 0 Å². The van der Waals surface area contributed by atoms with Crippen molar-refractivity contribution in [2.24, 2.45) is 0 Å². The molecular formula is C10H13N2S+. The molecule has 1 heterocycles. The van der Waals surface area contributed by atoms with Crippen LogP contribution in [0.25, 0.3) is 11.0 Å². The first-order valence-electron chi connectivity index (χ1n) is 4.53. The monoisotopic (exact) mass is 193 g/mol. The van der Waals surface area contributed by atoms with Gasteiger partial charge in [0.2, 0.25) is 0 Å². The average Bonchev–Trinajstić information content (AvgIpc) is 2.57. The summed E-state index contributed by atoms with van der Waals surface area (Å²) in [5, 5.41) is 1.16. The molecule has 1 aromatic carbocycles. The third kappa shape index (κ3) is 1.86. The lowest BCUT2D eigenvalue weighted by Gasteiger charge is -1.85. The van der Waals surface area contributed by atoms with Crippen molar-refractivity contribution in [1.82, 2.24) is 4.98 Å². The van der Waals surface area contributed by atoms with Gasteiger partial charge in [0.1, 0.15) is 0 Å². The van der Waals surface area contributed by atoms with Crippen molar-refractivity contribution in [3.63, 3.8) is 0 Å². The van der Waals surface area contributed by atoms with E-state index >= 15 is 0 Å². The van der Waals surface area contributed by atoms with Gasteiger partial charge >= 0.3 is 5.16 Å². The minimum absolute atomic E-state index is 1.16. The Morgan fingerprint density at radius 1 is 1.38 bits per heavy atom. The molecule has 0 radical (unpaired) electrons. The second-order valence-corrected chi connectivity index (χ2v) is 4.08. The van der Waals surface area contributed by atoms with Gasteiger partial charge in [0.15, 0.2) is 11.0 Å². The minimum atomic E-state index is 1.16. The van der Waals surface area contributed by atoms with Crippen LogP contribution < -0.4 is 4.98 Å². The van der Waals surface area contributed by atoms with Crippen LogP contribution in [0.2, 0.25) is 0 Å². The van der Waals surface area contributed by atoms with E-state index in [-0.39, 0.29) is 0 Å². The summed E-state index contributed by atoms with van der Waals surface area (Å²) in [4.78, 5) is 6.68. The van der Waals surface area contributed by atoms with E-state index in [2.05, 4.69) is 29.0 Å². The van der Waals surface area contributed by atoms with E-state index in [1.54, 1.807) is 0 Å². The van der Waals surface area contributed by atoms with E-state index in [4.69, 9.17) is 0 Å². The molecule has 2 nitrogen and oxygen atoms in total. The van der Waals surface area contributed by atoms with Crippen molar-refractivity contribution in [1.29, 1.82) is 0 Å². The molecule has 0 atom stereocenters. The van der Waals surface area contributed by atoms with E-state index in [1.165, 1.54) is 17.5 Å². The van der Waals surface area contributed by atoms with Gasteiger partial charge < -0.3 is 0 Å². The molecule has 0 spiro atoms. The van der Waals surface area contributed by atoms with Crippen LogP contribution in [0, 0.1) is 0 Å². The Hall–Kier alpha value is -0.960. The SMILES string of the molecule is CCCSc1[nH]c2ccccc2[nH+]1. The Kier molecular flexibility index (Phi) is 2.54. The van der Waals surface area contributed by atoms with Crippen molar-refractivity contribution in [3.8, 4) is 0 Å². The molecule has 13 heavy (non-hydrogen) atoms. The topological polar surface area (TPSA) is 29.9 Å². The fourth-order valence-electron chi connectivity index (χ4n) is 1.25. The number of aromatic nitrogens is 2. The molecule has 0 aliphatic rings. The van der Waals surface area contributed by atoms with Gasteiger partial charge in [0.05, 0.1) is 0 Å². The first kappa shape index (κ1) is 8.63. The molecule has 0 aliphatic heterocycles. The van der Waals surface area contributed by atoms with Gasteiger partial charge in [-0.2, -0.15) is 0 Å². The van der Waals surface area contributed by atoms with Gasteiger partial charge in [0, 0.05) is 5.75 Å². The zero-order chi connectivity index (χ0) is 9.10. The summed E-state index contributed by atoms with van der Waals surface area (Å²) in [5.41, 5.74) is 2.36. The number of H-pyrrole nitrogens is 2. The van der Waals surface area contributed by atoms with Crippen molar-refractivity contribution in [2.45, 2.75) is 18.5 Å². The molecule has 2 aromatic rings. The van der Waals surface area contributed by atoms with E-state index in [9.17, 15) is 0 Å². The van der Waals surface area contributed by atoms with Crippen molar-refractivity contribution in [2.75, 3.05) is 5.75 Å². The third-order valence-corrected chi connectivity index (χ3v) is 2.98. The van der Waals surface area contributed by atoms with E-state index in [0.29, 0.717) is 0 Å². The number of hydrogen-bond acceptors (Lipinski definition) is 1. The molecule has 0 amide bonds. The first-order chi connectivity index (χ1) is 6.40. The number of nitrogens with one attached hydrogen (secondary N) is 2. The average molecular weight is 193 g/mol. The summed E-state index contributed by atoms with van der Waals surface area (Å²) in [6, 6.07) is 8.26. The second-order valence-electron chi connectivity index (χ2n) is 2.97. The molecule has 0 saturated heterocycles. The summed E-state index contributed by atoms with van der Waals surface area (Å²) in [6.07, 6.45) is 1.20. The molecule has 1 aromatic heterocycles. The van der Waals surface area contributed by atoms with E-state index in [0.717, 1.165) is 10.9 Å². The van der Waals surface area contributed by atoms with Crippen molar-refractivity contribution < 1.29 is 4.98 Å². The van der Waals surface area contributed by atoms with Crippen LogP contribution in [-0.2, 0) is 0 Å². The second kappa shape index (κ2) is 3.83.